The van der Waals surface area contributed by atoms with Gasteiger partial charge in [-0.3, -0.25) is 0 Å². The highest BCUT2D eigenvalue weighted by Crippen LogP contribution is 2.30. The van der Waals surface area contributed by atoms with Crippen LogP contribution in [-0.2, 0) is 0 Å². The molecule has 4 nitrogen and oxygen atoms in total. The van der Waals surface area contributed by atoms with Crippen LogP contribution in [0.1, 0.15) is 18.5 Å². The molecular weight excluding hydrogens is 180 g/mol. The van der Waals surface area contributed by atoms with E-state index >= 15 is 0 Å². The van der Waals surface area contributed by atoms with E-state index in [1.54, 1.807) is 20.3 Å². The molecule has 1 aromatic rings. The molecule has 4 heteroatoms. The summed E-state index contributed by atoms with van der Waals surface area (Å²) >= 11 is 0. The predicted octanol–water partition coefficient (Wildman–Crippen LogP) is 2.80. The van der Waals surface area contributed by atoms with E-state index in [4.69, 9.17) is 15.0 Å². The van der Waals surface area contributed by atoms with Gasteiger partial charge >= 0.3 is 0 Å². The van der Waals surface area contributed by atoms with Gasteiger partial charge in [0, 0.05) is 11.6 Å². The van der Waals surface area contributed by atoms with E-state index in [0.717, 1.165) is 11.3 Å². The molecule has 1 aromatic carbocycles. The number of hydrogen-bond donors (Lipinski definition) is 1. The second kappa shape index (κ2) is 4.60. The smallest absolute Gasteiger partial charge is 0.127 e. The van der Waals surface area contributed by atoms with Crippen LogP contribution in [0.2, 0.25) is 0 Å². The van der Waals surface area contributed by atoms with Crippen LogP contribution in [0.3, 0.4) is 0 Å². The molecule has 0 fully saturated rings. The normalized spacial score (nSPS) is 11.9. The molecule has 0 aliphatic heterocycles. The van der Waals surface area contributed by atoms with Gasteiger partial charge in [0.05, 0.1) is 20.3 Å². The van der Waals surface area contributed by atoms with E-state index in [1.165, 1.54) is 0 Å². The first-order valence-corrected chi connectivity index (χ1v) is 4.31. The first-order chi connectivity index (χ1) is 6.72. The Morgan fingerprint density at radius 3 is 2.50 bits per heavy atom. The Bertz CT molecular complexity index is 326. The third kappa shape index (κ3) is 2.02. The Morgan fingerprint density at radius 1 is 1.29 bits per heavy atom. The molecule has 0 aliphatic carbocycles. The standard InChI is InChI=1S/C10H14N2O2/c1-7(12-11)9-5-4-8(13-2)6-10(9)14-3/h4-7,11H,1-3H3. The average molecular weight is 194 g/mol. The van der Waals surface area contributed by atoms with E-state index in [1.807, 2.05) is 19.1 Å². The Labute approximate surface area is 83.4 Å². The molecule has 0 amide bonds. The number of hydrogen-bond acceptors (Lipinski definition) is 4. The summed E-state index contributed by atoms with van der Waals surface area (Å²) in [6, 6.07) is 5.30. The van der Waals surface area contributed by atoms with E-state index in [2.05, 4.69) is 5.11 Å². The molecule has 1 atom stereocenters. The van der Waals surface area contributed by atoms with Gasteiger partial charge in [0.1, 0.15) is 11.5 Å². The molecule has 0 bridgehead atoms. The lowest BCUT2D eigenvalue weighted by Crippen LogP contribution is -1.95. The van der Waals surface area contributed by atoms with Crippen molar-refractivity contribution in [2.45, 2.75) is 13.0 Å². The summed E-state index contributed by atoms with van der Waals surface area (Å²) in [6.45, 7) is 1.84. The first-order valence-electron chi connectivity index (χ1n) is 4.31. The molecular formula is C10H14N2O2. The fourth-order valence-electron chi connectivity index (χ4n) is 1.23. The minimum atomic E-state index is -0.184. The highest BCUT2D eigenvalue weighted by atomic mass is 16.5. The van der Waals surface area contributed by atoms with Crippen LogP contribution in [0.15, 0.2) is 23.3 Å². The summed E-state index contributed by atoms with van der Waals surface area (Å²) in [7, 11) is 3.20. The van der Waals surface area contributed by atoms with E-state index < -0.39 is 0 Å². The lowest BCUT2D eigenvalue weighted by molar-refractivity contribution is 0.388. The molecule has 0 heterocycles. The van der Waals surface area contributed by atoms with Gasteiger partial charge in [-0.1, -0.05) is 0 Å². The van der Waals surface area contributed by atoms with Gasteiger partial charge in [-0.2, -0.15) is 5.11 Å². The maximum atomic E-state index is 6.95. The molecule has 76 valence electrons. The first kappa shape index (κ1) is 10.5. The number of nitrogens with zero attached hydrogens (tertiary/aromatic N) is 1. The quantitative estimate of drug-likeness (QED) is 0.749. The van der Waals surface area contributed by atoms with Crippen molar-refractivity contribution in [1.82, 2.24) is 0 Å². The van der Waals surface area contributed by atoms with Gasteiger partial charge in [-0.15, -0.1) is 0 Å². The number of rotatable bonds is 4. The van der Waals surface area contributed by atoms with Crippen LogP contribution in [0.25, 0.3) is 0 Å². The molecule has 0 saturated carbocycles. The van der Waals surface area contributed by atoms with Gasteiger partial charge < -0.3 is 9.47 Å². The fraction of sp³-hybridized carbons (Fsp3) is 0.400. The van der Waals surface area contributed by atoms with Gasteiger partial charge in [-0.25, -0.2) is 5.53 Å². The van der Waals surface area contributed by atoms with Crippen molar-refractivity contribution in [2.75, 3.05) is 14.2 Å². The van der Waals surface area contributed by atoms with Crippen LogP contribution < -0.4 is 9.47 Å². The van der Waals surface area contributed by atoms with Crippen LogP contribution in [0.5, 0.6) is 11.5 Å². The van der Waals surface area contributed by atoms with Gasteiger partial charge in [0.2, 0.25) is 0 Å². The summed E-state index contributed by atoms with van der Waals surface area (Å²) in [4.78, 5) is 0. The SMILES string of the molecule is COc1ccc(C(C)N=N)c(OC)c1. The van der Waals surface area contributed by atoms with Gasteiger partial charge in [0.25, 0.3) is 0 Å². The van der Waals surface area contributed by atoms with Crippen molar-refractivity contribution in [3.05, 3.63) is 23.8 Å². The molecule has 0 aromatic heterocycles. The van der Waals surface area contributed by atoms with E-state index in [-0.39, 0.29) is 6.04 Å². The largest absolute Gasteiger partial charge is 0.497 e. The van der Waals surface area contributed by atoms with Crippen molar-refractivity contribution in [1.29, 1.82) is 5.53 Å². The maximum Gasteiger partial charge on any atom is 0.127 e. The minimum absolute atomic E-state index is 0.184. The molecule has 14 heavy (non-hydrogen) atoms. The number of nitrogens with one attached hydrogen (secondary N) is 1. The molecule has 1 rings (SSSR count). The summed E-state index contributed by atoms with van der Waals surface area (Å²) in [5.41, 5.74) is 7.85. The number of ether oxygens (including phenoxy) is 2. The lowest BCUT2D eigenvalue weighted by atomic mass is 10.1. The highest BCUT2D eigenvalue weighted by Gasteiger charge is 2.10. The van der Waals surface area contributed by atoms with Gasteiger partial charge in [-0.05, 0) is 19.1 Å². The molecule has 1 unspecified atom stereocenters. The molecule has 0 radical (unpaired) electrons. The van der Waals surface area contributed by atoms with Crippen molar-refractivity contribution in [3.63, 3.8) is 0 Å². The second-order valence-electron chi connectivity index (χ2n) is 2.91. The zero-order chi connectivity index (χ0) is 10.6. The zero-order valence-electron chi connectivity index (χ0n) is 8.57. The zero-order valence-corrected chi connectivity index (χ0v) is 8.57. The fourth-order valence-corrected chi connectivity index (χ4v) is 1.23. The summed E-state index contributed by atoms with van der Waals surface area (Å²) in [6.07, 6.45) is 0. The van der Waals surface area contributed by atoms with Crippen LogP contribution in [-0.4, -0.2) is 14.2 Å². The van der Waals surface area contributed by atoms with Crippen molar-refractivity contribution in [3.8, 4) is 11.5 Å². The van der Waals surface area contributed by atoms with Crippen molar-refractivity contribution >= 4 is 0 Å². The van der Waals surface area contributed by atoms with E-state index in [9.17, 15) is 0 Å². The third-order valence-electron chi connectivity index (χ3n) is 2.08. The number of methoxy groups -OCH3 is 2. The van der Waals surface area contributed by atoms with E-state index in [0.29, 0.717) is 5.75 Å². The Kier molecular flexibility index (Phi) is 3.45. The maximum absolute atomic E-state index is 6.95. The predicted molar refractivity (Wildman–Crippen MR) is 53.1 cm³/mol. The summed E-state index contributed by atoms with van der Waals surface area (Å²) in [5.74, 6) is 1.44. The van der Waals surface area contributed by atoms with Crippen LogP contribution in [0.4, 0.5) is 0 Å². The topological polar surface area (TPSA) is 54.7 Å². The molecule has 0 aliphatic rings. The minimum Gasteiger partial charge on any atom is -0.497 e. The van der Waals surface area contributed by atoms with Crippen molar-refractivity contribution in [2.24, 2.45) is 5.11 Å². The van der Waals surface area contributed by atoms with Gasteiger partial charge in [0.15, 0.2) is 0 Å². The summed E-state index contributed by atoms with van der Waals surface area (Å²) in [5, 5.41) is 3.45. The third-order valence-corrected chi connectivity index (χ3v) is 2.08. The van der Waals surface area contributed by atoms with Crippen LogP contribution >= 0.6 is 0 Å². The Hall–Kier alpha value is -1.58. The van der Waals surface area contributed by atoms with Crippen LogP contribution in [0, 0.1) is 5.53 Å². The number of benzene rings is 1. The molecule has 1 N–H and O–H groups in total. The average Bonchev–Trinajstić information content (AvgIpc) is 2.27. The van der Waals surface area contributed by atoms with Crippen molar-refractivity contribution < 1.29 is 9.47 Å². The molecule has 0 spiro atoms. The summed E-state index contributed by atoms with van der Waals surface area (Å²) < 4.78 is 10.3. The lowest BCUT2D eigenvalue weighted by Gasteiger charge is -2.11. The molecule has 0 saturated heterocycles. The monoisotopic (exact) mass is 194 g/mol. The Balaban J connectivity index is 3.10. The highest BCUT2D eigenvalue weighted by molar-refractivity contribution is 5.42. The second-order valence-corrected chi connectivity index (χ2v) is 2.91. The Morgan fingerprint density at radius 2 is 2.00 bits per heavy atom.